The lowest BCUT2D eigenvalue weighted by molar-refractivity contribution is 0.0766. The number of nitrogens with one attached hydrogen (secondary N) is 1. The third-order valence-corrected chi connectivity index (χ3v) is 5.64. The fraction of sp³-hybridized carbons (Fsp3) is 0.765. The second kappa shape index (κ2) is 7.85. The predicted molar refractivity (Wildman–Crippen MR) is 95.7 cm³/mol. The Morgan fingerprint density at radius 1 is 1.08 bits per heavy atom. The van der Waals surface area contributed by atoms with Crippen LogP contribution in [-0.2, 0) is 0 Å². The first-order chi connectivity index (χ1) is 11.3. The molecule has 134 valence electrons. The highest BCUT2D eigenvalue weighted by atomic mass is 35.5. The molecule has 1 unspecified atom stereocenters. The van der Waals surface area contributed by atoms with Gasteiger partial charge in [-0.1, -0.05) is 12.8 Å². The molecule has 1 aromatic heterocycles. The second-order valence-electron chi connectivity index (χ2n) is 7.10. The van der Waals surface area contributed by atoms with Crippen molar-refractivity contribution in [1.29, 1.82) is 0 Å². The molecule has 7 heteroatoms. The minimum atomic E-state index is 0. The maximum atomic E-state index is 12.7. The summed E-state index contributed by atoms with van der Waals surface area (Å²) in [6, 6.07) is 2.93. The van der Waals surface area contributed by atoms with Crippen LogP contribution in [0.5, 0.6) is 0 Å². The van der Waals surface area contributed by atoms with Gasteiger partial charge in [0.25, 0.3) is 5.91 Å². The normalized spacial score (nSPS) is 25.8. The average molecular weight is 354 g/mol. The van der Waals surface area contributed by atoms with Crippen molar-refractivity contribution in [3.05, 3.63) is 18.0 Å². The zero-order valence-electron chi connectivity index (χ0n) is 14.2. The first kappa shape index (κ1) is 17.7. The molecule has 4 rings (SSSR count). The Labute approximate surface area is 150 Å². The molecule has 1 amide bonds. The van der Waals surface area contributed by atoms with Crippen molar-refractivity contribution in [2.45, 2.75) is 44.2 Å². The van der Waals surface area contributed by atoms with Crippen LogP contribution in [0.1, 0.15) is 48.6 Å². The van der Waals surface area contributed by atoms with Crippen LogP contribution in [0.4, 0.5) is 0 Å². The second-order valence-corrected chi connectivity index (χ2v) is 7.10. The Morgan fingerprint density at radius 2 is 1.83 bits per heavy atom. The highest BCUT2D eigenvalue weighted by molar-refractivity contribution is 5.92. The molecular weight excluding hydrogens is 326 g/mol. The third-order valence-electron chi connectivity index (χ3n) is 5.64. The number of amides is 1. The first-order valence-corrected chi connectivity index (χ1v) is 9.10. The van der Waals surface area contributed by atoms with Gasteiger partial charge in [-0.15, -0.1) is 12.4 Å². The zero-order chi connectivity index (χ0) is 15.6. The van der Waals surface area contributed by atoms with Crippen LogP contribution in [-0.4, -0.2) is 70.8 Å². The molecule has 3 aliphatic rings. The topological polar surface area (TPSA) is 53.4 Å². The van der Waals surface area contributed by atoms with Gasteiger partial charge >= 0.3 is 0 Å². The van der Waals surface area contributed by atoms with Crippen LogP contribution in [0.25, 0.3) is 0 Å². The first-order valence-electron chi connectivity index (χ1n) is 9.10. The van der Waals surface area contributed by atoms with Gasteiger partial charge in [-0.05, 0) is 25.3 Å². The number of carbonyl (C=O) groups excluding carboxylic acids is 1. The van der Waals surface area contributed by atoms with Crippen LogP contribution >= 0.6 is 12.4 Å². The van der Waals surface area contributed by atoms with Crippen molar-refractivity contribution >= 4 is 18.3 Å². The Bertz CT molecular complexity index is 551. The molecule has 0 radical (unpaired) electrons. The van der Waals surface area contributed by atoms with E-state index in [0.29, 0.717) is 17.8 Å². The average Bonchev–Trinajstić information content (AvgIpc) is 3.35. The van der Waals surface area contributed by atoms with Crippen molar-refractivity contribution in [1.82, 2.24) is 24.9 Å². The van der Waals surface area contributed by atoms with Gasteiger partial charge < -0.3 is 10.2 Å². The Balaban J connectivity index is 0.00000169. The lowest BCUT2D eigenvalue weighted by atomic mass is 10.2. The monoisotopic (exact) mass is 353 g/mol. The van der Waals surface area contributed by atoms with E-state index in [-0.39, 0.29) is 18.3 Å². The fourth-order valence-electron chi connectivity index (χ4n) is 4.26. The van der Waals surface area contributed by atoms with Gasteiger partial charge in [-0.2, -0.15) is 5.10 Å². The van der Waals surface area contributed by atoms with E-state index in [1.807, 2.05) is 21.8 Å². The molecule has 2 saturated heterocycles. The zero-order valence-corrected chi connectivity index (χ0v) is 15.0. The van der Waals surface area contributed by atoms with Crippen LogP contribution in [0, 0.1) is 0 Å². The van der Waals surface area contributed by atoms with Gasteiger partial charge in [-0.3, -0.25) is 14.4 Å². The van der Waals surface area contributed by atoms with Gasteiger partial charge in [-0.25, -0.2) is 0 Å². The van der Waals surface area contributed by atoms with E-state index in [1.165, 1.54) is 25.7 Å². The van der Waals surface area contributed by atoms with E-state index < -0.39 is 0 Å². The largest absolute Gasteiger partial charge is 0.336 e. The van der Waals surface area contributed by atoms with Gasteiger partial charge in [0.2, 0.25) is 0 Å². The standard InChI is InChI=1S/C17H27N5O.ClH/c23-17(16-6-10-22(19-16)14-3-1-2-4-14)21-9-5-15(13-21)20-11-7-18-8-12-20;/h6,10,14-15,18H,1-5,7-9,11-13H2;1H. The van der Waals surface area contributed by atoms with Crippen LogP contribution < -0.4 is 5.32 Å². The molecule has 2 aliphatic heterocycles. The highest BCUT2D eigenvalue weighted by Gasteiger charge is 2.32. The molecule has 3 fully saturated rings. The van der Waals surface area contributed by atoms with Gasteiger partial charge in [0.05, 0.1) is 6.04 Å². The predicted octanol–water partition coefficient (Wildman–Crippen LogP) is 1.54. The molecule has 0 bridgehead atoms. The number of likely N-dealkylation sites (tertiary alicyclic amines) is 1. The molecule has 1 aromatic rings. The maximum absolute atomic E-state index is 12.7. The lowest BCUT2D eigenvalue weighted by Gasteiger charge is -2.32. The molecule has 3 heterocycles. The number of hydrogen-bond donors (Lipinski definition) is 1. The van der Waals surface area contributed by atoms with E-state index in [4.69, 9.17) is 0 Å². The molecule has 24 heavy (non-hydrogen) atoms. The summed E-state index contributed by atoms with van der Waals surface area (Å²) in [7, 11) is 0. The minimum Gasteiger partial charge on any atom is -0.336 e. The Morgan fingerprint density at radius 3 is 2.58 bits per heavy atom. The van der Waals surface area contributed by atoms with Crippen LogP contribution in [0.2, 0.25) is 0 Å². The molecule has 1 atom stereocenters. The minimum absolute atomic E-state index is 0. The summed E-state index contributed by atoms with van der Waals surface area (Å²) < 4.78 is 2.02. The molecule has 1 N–H and O–H groups in total. The smallest absolute Gasteiger partial charge is 0.274 e. The van der Waals surface area contributed by atoms with Crippen LogP contribution in [0.15, 0.2) is 12.3 Å². The third kappa shape index (κ3) is 3.60. The summed E-state index contributed by atoms with van der Waals surface area (Å²) in [6.45, 7) is 6.05. The maximum Gasteiger partial charge on any atom is 0.274 e. The van der Waals surface area contributed by atoms with Crippen LogP contribution in [0.3, 0.4) is 0 Å². The molecule has 1 saturated carbocycles. The summed E-state index contributed by atoms with van der Waals surface area (Å²) in [6.07, 6.45) is 8.05. The van der Waals surface area contributed by atoms with Gasteiger partial charge in [0.1, 0.15) is 5.69 Å². The van der Waals surface area contributed by atoms with E-state index in [1.54, 1.807) is 0 Å². The van der Waals surface area contributed by atoms with Crippen molar-refractivity contribution in [3.63, 3.8) is 0 Å². The van der Waals surface area contributed by atoms with Gasteiger partial charge in [0, 0.05) is 51.5 Å². The Hall–Kier alpha value is -1.11. The van der Waals surface area contributed by atoms with E-state index >= 15 is 0 Å². The number of nitrogens with zero attached hydrogens (tertiary/aromatic N) is 4. The summed E-state index contributed by atoms with van der Waals surface area (Å²) in [5.41, 5.74) is 0.623. The summed E-state index contributed by atoms with van der Waals surface area (Å²) >= 11 is 0. The molecule has 1 aliphatic carbocycles. The molecule has 0 spiro atoms. The summed E-state index contributed by atoms with van der Waals surface area (Å²) in [5.74, 6) is 0.111. The summed E-state index contributed by atoms with van der Waals surface area (Å²) in [5, 5.41) is 7.97. The SMILES string of the molecule is Cl.O=C(c1ccn(C2CCCC2)n1)N1CCC(N2CCNCC2)C1. The van der Waals surface area contributed by atoms with Crippen molar-refractivity contribution in [2.75, 3.05) is 39.3 Å². The van der Waals surface area contributed by atoms with Gasteiger partial charge in [0.15, 0.2) is 0 Å². The molecular formula is C17H28ClN5O. The van der Waals surface area contributed by atoms with Crippen molar-refractivity contribution in [3.8, 4) is 0 Å². The van der Waals surface area contributed by atoms with Crippen molar-refractivity contribution < 1.29 is 4.79 Å². The van der Waals surface area contributed by atoms with Crippen molar-refractivity contribution in [2.24, 2.45) is 0 Å². The molecule has 6 nitrogen and oxygen atoms in total. The molecule has 0 aromatic carbocycles. The van der Waals surface area contributed by atoms with E-state index in [2.05, 4.69) is 15.3 Å². The van der Waals surface area contributed by atoms with E-state index in [9.17, 15) is 4.79 Å². The number of aromatic nitrogens is 2. The highest BCUT2D eigenvalue weighted by Crippen LogP contribution is 2.29. The summed E-state index contributed by atoms with van der Waals surface area (Å²) in [4.78, 5) is 17.2. The number of rotatable bonds is 3. The number of carbonyl (C=O) groups is 1. The Kier molecular flexibility index (Phi) is 5.79. The lowest BCUT2D eigenvalue weighted by Crippen LogP contribution is -2.49. The quantitative estimate of drug-likeness (QED) is 0.895. The number of hydrogen-bond acceptors (Lipinski definition) is 4. The number of halogens is 1. The number of piperazine rings is 1. The fourth-order valence-corrected chi connectivity index (χ4v) is 4.26. The van der Waals surface area contributed by atoms with E-state index in [0.717, 1.165) is 45.7 Å².